The highest BCUT2D eigenvalue weighted by molar-refractivity contribution is 6.21. The summed E-state index contributed by atoms with van der Waals surface area (Å²) in [6, 6.07) is 0.164. The molecule has 186 valence electrons. The Balaban J connectivity index is 1.12. The third kappa shape index (κ3) is 5.04. The smallest absolute Gasteiger partial charge is 0.237 e. The first-order valence-corrected chi connectivity index (χ1v) is 13.4. The molecule has 0 bridgehead atoms. The third-order valence-corrected chi connectivity index (χ3v) is 9.15. The fourth-order valence-corrected chi connectivity index (χ4v) is 7.55. The average Bonchev–Trinajstić information content (AvgIpc) is 3.34. The van der Waals surface area contributed by atoms with E-state index < -0.39 is 0 Å². The van der Waals surface area contributed by atoms with Gasteiger partial charge in [0.2, 0.25) is 11.8 Å². The van der Waals surface area contributed by atoms with Gasteiger partial charge in [0.25, 0.3) is 0 Å². The van der Waals surface area contributed by atoms with Crippen molar-refractivity contribution in [1.82, 2.24) is 37.2 Å². The van der Waals surface area contributed by atoms with Crippen LogP contribution in [-0.4, -0.2) is 72.8 Å². The van der Waals surface area contributed by atoms with Crippen molar-refractivity contribution in [3.63, 3.8) is 0 Å². The van der Waals surface area contributed by atoms with Crippen molar-refractivity contribution < 1.29 is 9.59 Å². The molecule has 33 heavy (non-hydrogen) atoms. The summed E-state index contributed by atoms with van der Waals surface area (Å²) in [4.78, 5) is 25.5. The third-order valence-electron chi connectivity index (χ3n) is 8.73. The second kappa shape index (κ2) is 10.3. The summed E-state index contributed by atoms with van der Waals surface area (Å²) in [6.07, 6.45) is 7.16. The molecule has 5 fully saturated rings. The quantitative estimate of drug-likeness (QED) is 0.314. The van der Waals surface area contributed by atoms with Crippen molar-refractivity contribution >= 4 is 23.4 Å². The molecule has 4 saturated heterocycles. The number of piperidine rings is 3. The predicted octanol–water partition coefficient (Wildman–Crippen LogP) is 0.0319. The highest BCUT2D eigenvalue weighted by Gasteiger charge is 2.45. The van der Waals surface area contributed by atoms with E-state index in [0.29, 0.717) is 24.3 Å². The maximum Gasteiger partial charge on any atom is 0.237 e. The SMILES string of the molecule is CC1NC(C(=O)NC2CNC(N3NCCN3)C(Cl)C2)CCC1C1CCCC2C(=O)NCCC21. The van der Waals surface area contributed by atoms with E-state index in [4.69, 9.17) is 11.6 Å². The van der Waals surface area contributed by atoms with E-state index in [1.165, 1.54) is 6.42 Å². The number of hydrogen-bond donors (Lipinski definition) is 6. The fourth-order valence-electron chi connectivity index (χ4n) is 7.14. The molecule has 2 amide bonds. The van der Waals surface area contributed by atoms with Gasteiger partial charge in [-0.3, -0.25) is 14.9 Å². The van der Waals surface area contributed by atoms with E-state index in [2.05, 4.69) is 39.0 Å². The highest BCUT2D eigenvalue weighted by atomic mass is 35.5. The molecule has 0 aromatic carbocycles. The van der Waals surface area contributed by atoms with E-state index in [0.717, 1.165) is 58.2 Å². The summed E-state index contributed by atoms with van der Waals surface area (Å²) in [5.41, 5.74) is 6.55. The summed E-state index contributed by atoms with van der Waals surface area (Å²) in [7, 11) is 0. The van der Waals surface area contributed by atoms with E-state index in [9.17, 15) is 9.59 Å². The van der Waals surface area contributed by atoms with Gasteiger partial charge in [0.05, 0.1) is 11.4 Å². The van der Waals surface area contributed by atoms with Crippen LogP contribution in [0.1, 0.15) is 51.9 Å². The molecular formula is C23H40ClN7O2. The minimum absolute atomic E-state index is 0.0112. The lowest BCUT2D eigenvalue weighted by Crippen LogP contribution is -2.65. The van der Waals surface area contributed by atoms with Gasteiger partial charge in [-0.1, -0.05) is 6.42 Å². The maximum atomic E-state index is 13.1. The zero-order chi connectivity index (χ0) is 22.9. The van der Waals surface area contributed by atoms with Crippen LogP contribution in [0.3, 0.4) is 0 Å². The Morgan fingerprint density at radius 2 is 1.85 bits per heavy atom. The van der Waals surface area contributed by atoms with Crippen LogP contribution < -0.4 is 32.1 Å². The Kier molecular flexibility index (Phi) is 7.44. The van der Waals surface area contributed by atoms with Gasteiger partial charge in [-0.15, -0.1) is 11.6 Å². The summed E-state index contributed by atoms with van der Waals surface area (Å²) in [6.45, 7) is 5.54. The number of hydrazine groups is 2. The molecule has 9 unspecified atom stereocenters. The minimum atomic E-state index is -0.154. The number of alkyl halides is 1. The Labute approximate surface area is 201 Å². The van der Waals surface area contributed by atoms with Crippen molar-refractivity contribution in [2.75, 3.05) is 26.2 Å². The van der Waals surface area contributed by atoms with Crippen LogP contribution in [-0.2, 0) is 9.59 Å². The normalized spacial score (nSPS) is 44.7. The molecule has 1 saturated carbocycles. The Bertz CT molecular complexity index is 721. The van der Waals surface area contributed by atoms with E-state index in [1.807, 2.05) is 5.12 Å². The topological polar surface area (TPSA) is 110 Å². The molecule has 5 rings (SSSR count). The zero-order valence-corrected chi connectivity index (χ0v) is 20.4. The molecule has 4 aliphatic heterocycles. The number of halogens is 1. The Morgan fingerprint density at radius 1 is 1.03 bits per heavy atom. The number of amides is 2. The number of fused-ring (bicyclic) bond motifs is 1. The van der Waals surface area contributed by atoms with Crippen LogP contribution in [0, 0.1) is 23.7 Å². The fraction of sp³-hybridized carbons (Fsp3) is 0.913. The molecule has 5 aliphatic rings. The van der Waals surface area contributed by atoms with Crippen LogP contribution in [0.15, 0.2) is 0 Å². The van der Waals surface area contributed by atoms with E-state index >= 15 is 0 Å². The maximum absolute atomic E-state index is 13.1. The van der Waals surface area contributed by atoms with Crippen LogP contribution in [0.5, 0.6) is 0 Å². The first kappa shape index (κ1) is 23.8. The van der Waals surface area contributed by atoms with Crippen molar-refractivity contribution in [2.24, 2.45) is 23.7 Å². The predicted molar refractivity (Wildman–Crippen MR) is 127 cm³/mol. The first-order valence-electron chi connectivity index (χ1n) is 13.0. The van der Waals surface area contributed by atoms with E-state index in [1.54, 1.807) is 0 Å². The van der Waals surface area contributed by atoms with Gasteiger partial charge in [-0.25, -0.2) is 10.9 Å². The van der Waals surface area contributed by atoms with E-state index in [-0.39, 0.29) is 47.4 Å². The van der Waals surface area contributed by atoms with Crippen molar-refractivity contribution in [3.05, 3.63) is 0 Å². The molecule has 1 aliphatic carbocycles. The lowest BCUT2D eigenvalue weighted by molar-refractivity contribution is -0.132. The van der Waals surface area contributed by atoms with Crippen LogP contribution >= 0.6 is 11.6 Å². The van der Waals surface area contributed by atoms with Gasteiger partial charge >= 0.3 is 0 Å². The standard InChI is InChI=1S/C23H40ClN7O2/c1-13-15(16-3-2-4-18-17(16)7-8-25-22(18)32)5-6-20(29-13)23(33)30-14-11-19(24)21(26-12-14)31-27-9-10-28-31/h13-21,26-29H,2-12H2,1H3,(H,25,32)(H,30,33). The number of carbonyl (C=O) groups excluding carboxylic acids is 2. The molecule has 0 aromatic heterocycles. The first-order chi connectivity index (χ1) is 16.0. The monoisotopic (exact) mass is 481 g/mol. The number of nitrogens with zero attached hydrogens (tertiary/aromatic N) is 1. The lowest BCUT2D eigenvalue weighted by atomic mass is 9.61. The largest absolute Gasteiger partial charge is 0.356 e. The second-order valence-corrected chi connectivity index (χ2v) is 11.3. The van der Waals surface area contributed by atoms with Crippen LogP contribution in [0.4, 0.5) is 0 Å². The van der Waals surface area contributed by atoms with Crippen molar-refractivity contribution in [2.45, 2.75) is 81.5 Å². The van der Waals surface area contributed by atoms with Crippen LogP contribution in [0.25, 0.3) is 0 Å². The summed E-state index contributed by atoms with van der Waals surface area (Å²) >= 11 is 6.64. The lowest BCUT2D eigenvalue weighted by Gasteiger charge is -2.48. The molecule has 6 N–H and O–H groups in total. The number of hydrogen-bond acceptors (Lipinski definition) is 7. The Hall–Kier alpha value is -0.970. The van der Waals surface area contributed by atoms with Gasteiger partial charge in [-0.05, 0) is 63.2 Å². The number of nitrogens with one attached hydrogen (secondary N) is 6. The molecule has 0 spiro atoms. The van der Waals surface area contributed by atoms with Crippen molar-refractivity contribution in [1.29, 1.82) is 0 Å². The Morgan fingerprint density at radius 3 is 2.61 bits per heavy atom. The van der Waals surface area contributed by atoms with Gasteiger partial charge in [0, 0.05) is 44.2 Å². The second-order valence-electron chi connectivity index (χ2n) is 10.7. The minimum Gasteiger partial charge on any atom is -0.356 e. The molecule has 9 atom stereocenters. The zero-order valence-electron chi connectivity index (χ0n) is 19.6. The van der Waals surface area contributed by atoms with Gasteiger partial charge in [0.1, 0.15) is 6.17 Å². The van der Waals surface area contributed by atoms with Crippen LogP contribution in [0.2, 0.25) is 0 Å². The highest BCUT2D eigenvalue weighted by Crippen LogP contribution is 2.45. The molecule has 9 nitrogen and oxygen atoms in total. The molecular weight excluding hydrogens is 442 g/mol. The summed E-state index contributed by atoms with van der Waals surface area (Å²) in [5.74, 6) is 2.19. The van der Waals surface area contributed by atoms with Gasteiger partial charge in [-0.2, -0.15) is 5.12 Å². The molecule has 0 aromatic rings. The molecule has 0 radical (unpaired) electrons. The van der Waals surface area contributed by atoms with Gasteiger partial charge < -0.3 is 16.0 Å². The molecule has 10 heteroatoms. The number of rotatable bonds is 4. The molecule has 4 heterocycles. The number of carbonyl (C=O) groups is 2. The van der Waals surface area contributed by atoms with Gasteiger partial charge in [0.15, 0.2) is 0 Å². The summed E-state index contributed by atoms with van der Waals surface area (Å²) in [5, 5.41) is 15.2. The summed E-state index contributed by atoms with van der Waals surface area (Å²) < 4.78 is 0. The van der Waals surface area contributed by atoms with Crippen molar-refractivity contribution in [3.8, 4) is 0 Å². The average molecular weight is 482 g/mol.